The largest absolute Gasteiger partial charge is 0.465 e. The van der Waals surface area contributed by atoms with E-state index in [4.69, 9.17) is 32.7 Å². The first kappa shape index (κ1) is 23.7. The number of ether oxygens (including phenoxy) is 2. The molecule has 0 bridgehead atoms. The smallest absolute Gasteiger partial charge is 0.355 e. The number of nitrogens with zero attached hydrogens (tertiary/aromatic N) is 1. The van der Waals surface area contributed by atoms with Gasteiger partial charge in [-0.2, -0.15) is 0 Å². The van der Waals surface area contributed by atoms with Crippen LogP contribution in [0.15, 0.2) is 82.5 Å². The number of rotatable bonds is 7. The molecule has 32 heavy (non-hydrogen) atoms. The number of hydrogen-bond donors (Lipinski definition) is 1. The van der Waals surface area contributed by atoms with Crippen LogP contribution in [0.3, 0.4) is 0 Å². The fourth-order valence-corrected chi connectivity index (χ4v) is 3.68. The number of hydrogen-bond acceptors (Lipinski definition) is 7. The van der Waals surface area contributed by atoms with Crippen LogP contribution in [-0.4, -0.2) is 31.1 Å². The van der Waals surface area contributed by atoms with Gasteiger partial charge < -0.3 is 14.8 Å². The van der Waals surface area contributed by atoms with Gasteiger partial charge in [0.1, 0.15) is 10.7 Å². The Kier molecular flexibility index (Phi) is 8.16. The van der Waals surface area contributed by atoms with Crippen molar-refractivity contribution in [1.82, 2.24) is 4.98 Å². The first-order chi connectivity index (χ1) is 15.4. The lowest BCUT2D eigenvalue weighted by atomic mass is 10.1. The zero-order valence-electron chi connectivity index (χ0n) is 17.1. The Hall–Kier alpha value is -3.00. The lowest BCUT2D eigenvalue weighted by Gasteiger charge is -2.15. The Morgan fingerprint density at radius 3 is 1.97 bits per heavy atom. The van der Waals surface area contributed by atoms with E-state index in [2.05, 4.69) is 10.3 Å². The lowest BCUT2D eigenvalue weighted by molar-refractivity contribution is -0.137. The van der Waals surface area contributed by atoms with Crippen molar-refractivity contribution < 1.29 is 19.1 Å². The van der Waals surface area contributed by atoms with Crippen molar-refractivity contribution in [3.05, 3.63) is 88.2 Å². The highest BCUT2D eigenvalue weighted by Crippen LogP contribution is 2.29. The number of methoxy groups -OCH3 is 2. The van der Waals surface area contributed by atoms with Crippen LogP contribution in [0.1, 0.15) is 5.56 Å². The first-order valence-corrected chi connectivity index (χ1v) is 10.8. The molecule has 1 aromatic heterocycles. The van der Waals surface area contributed by atoms with Crippen LogP contribution in [0.2, 0.25) is 10.0 Å². The molecule has 0 spiro atoms. The second-order valence-corrected chi connectivity index (χ2v) is 8.27. The van der Waals surface area contributed by atoms with E-state index in [9.17, 15) is 9.59 Å². The van der Waals surface area contributed by atoms with E-state index in [-0.39, 0.29) is 11.3 Å². The minimum Gasteiger partial charge on any atom is -0.465 e. The van der Waals surface area contributed by atoms with Gasteiger partial charge in [0.15, 0.2) is 0 Å². The number of benzene rings is 2. The van der Waals surface area contributed by atoms with Gasteiger partial charge >= 0.3 is 11.9 Å². The summed E-state index contributed by atoms with van der Waals surface area (Å²) in [5, 5.41) is 4.81. The van der Waals surface area contributed by atoms with E-state index in [1.807, 2.05) is 12.1 Å². The van der Waals surface area contributed by atoms with E-state index >= 15 is 0 Å². The number of anilines is 1. The highest BCUT2D eigenvalue weighted by Gasteiger charge is 2.25. The molecule has 3 aromatic rings. The van der Waals surface area contributed by atoms with Gasteiger partial charge in [-0.3, -0.25) is 0 Å². The number of carbonyl (C=O) groups excluding carboxylic acids is 2. The fraction of sp³-hybridized carbons (Fsp3) is 0.0870. The SMILES string of the molecule is COC(=O)/C(Nc1ccc(Cl)cc1)=C(/C(=O)OC)c1ccc(Sc2ccc(Cl)cc2)nc1. The average molecular weight is 489 g/mol. The first-order valence-electron chi connectivity index (χ1n) is 9.24. The molecule has 2 aromatic carbocycles. The maximum absolute atomic E-state index is 12.6. The predicted molar refractivity (Wildman–Crippen MR) is 126 cm³/mol. The summed E-state index contributed by atoms with van der Waals surface area (Å²) < 4.78 is 9.81. The van der Waals surface area contributed by atoms with Gasteiger partial charge in [0.25, 0.3) is 0 Å². The monoisotopic (exact) mass is 488 g/mol. The van der Waals surface area contributed by atoms with Gasteiger partial charge in [0, 0.05) is 32.4 Å². The molecule has 1 heterocycles. The number of aromatic nitrogens is 1. The van der Waals surface area contributed by atoms with Crippen LogP contribution in [0.4, 0.5) is 5.69 Å². The van der Waals surface area contributed by atoms with Crippen LogP contribution in [0, 0.1) is 0 Å². The Labute approximate surface area is 199 Å². The number of pyridine rings is 1. The molecule has 0 aliphatic rings. The fourth-order valence-electron chi connectivity index (χ4n) is 2.67. The molecular weight excluding hydrogens is 471 g/mol. The van der Waals surface area contributed by atoms with Gasteiger partial charge in [-0.25, -0.2) is 14.6 Å². The quantitative estimate of drug-likeness (QED) is 0.337. The Balaban J connectivity index is 1.98. The molecule has 6 nitrogen and oxygen atoms in total. The van der Waals surface area contributed by atoms with Gasteiger partial charge in [-0.1, -0.05) is 35.0 Å². The summed E-state index contributed by atoms with van der Waals surface area (Å²) in [7, 11) is 2.46. The van der Waals surface area contributed by atoms with Crippen molar-refractivity contribution in [3.63, 3.8) is 0 Å². The Bertz CT molecular complexity index is 1130. The molecule has 3 rings (SSSR count). The Morgan fingerprint density at radius 1 is 0.844 bits per heavy atom. The Morgan fingerprint density at radius 2 is 1.44 bits per heavy atom. The molecule has 0 amide bonds. The number of esters is 2. The average Bonchev–Trinajstić information content (AvgIpc) is 2.81. The summed E-state index contributed by atoms with van der Waals surface area (Å²) in [6.45, 7) is 0. The summed E-state index contributed by atoms with van der Waals surface area (Å²) in [5.74, 6) is -1.45. The van der Waals surface area contributed by atoms with E-state index in [0.717, 1.165) is 4.90 Å². The molecule has 0 saturated heterocycles. The highest BCUT2D eigenvalue weighted by molar-refractivity contribution is 7.99. The van der Waals surface area contributed by atoms with Crippen molar-refractivity contribution in [2.75, 3.05) is 19.5 Å². The summed E-state index contributed by atoms with van der Waals surface area (Å²) in [6, 6.07) is 17.4. The van der Waals surface area contributed by atoms with Gasteiger partial charge in [-0.15, -0.1) is 0 Å². The van der Waals surface area contributed by atoms with E-state index in [1.165, 1.54) is 32.2 Å². The maximum atomic E-state index is 12.6. The normalized spacial score (nSPS) is 11.4. The molecule has 1 N–H and O–H groups in total. The molecule has 0 unspecified atom stereocenters. The van der Waals surface area contributed by atoms with Crippen LogP contribution in [-0.2, 0) is 19.1 Å². The van der Waals surface area contributed by atoms with Crippen molar-refractivity contribution in [3.8, 4) is 0 Å². The maximum Gasteiger partial charge on any atom is 0.355 e. The number of carbonyl (C=O) groups is 2. The van der Waals surface area contributed by atoms with E-state index in [1.54, 1.807) is 48.5 Å². The third-order valence-electron chi connectivity index (χ3n) is 4.20. The van der Waals surface area contributed by atoms with Crippen LogP contribution >= 0.6 is 35.0 Å². The minimum absolute atomic E-state index is 0.00940. The van der Waals surface area contributed by atoms with Crippen molar-refractivity contribution in [1.29, 1.82) is 0 Å². The van der Waals surface area contributed by atoms with Crippen LogP contribution in [0.25, 0.3) is 5.57 Å². The zero-order chi connectivity index (χ0) is 23.1. The van der Waals surface area contributed by atoms with Gasteiger partial charge in [0.05, 0.1) is 19.8 Å². The molecule has 164 valence electrons. The lowest BCUT2D eigenvalue weighted by Crippen LogP contribution is -2.20. The molecule has 0 aliphatic heterocycles. The molecule has 9 heteroatoms. The topological polar surface area (TPSA) is 77.5 Å². The number of nitrogens with one attached hydrogen (secondary N) is 1. The number of halogens is 2. The third kappa shape index (κ3) is 6.03. The van der Waals surface area contributed by atoms with E-state index in [0.29, 0.717) is 26.3 Å². The summed E-state index contributed by atoms with van der Waals surface area (Å²) in [5.41, 5.74) is 0.838. The molecule has 0 radical (unpaired) electrons. The van der Waals surface area contributed by atoms with Crippen molar-refractivity contribution >= 4 is 58.2 Å². The standard InChI is InChI=1S/C23H18Cl2N2O4S/c1-30-22(28)20(21(23(29)31-2)27-17-8-4-15(24)5-9-17)14-3-12-19(26-13-14)32-18-10-6-16(25)7-11-18/h3-13,27H,1-2H3/b21-20-. The predicted octanol–water partition coefficient (Wildman–Crippen LogP) is 5.71. The molecular formula is C23H18Cl2N2O4S. The zero-order valence-corrected chi connectivity index (χ0v) is 19.4. The molecule has 0 atom stereocenters. The van der Waals surface area contributed by atoms with E-state index < -0.39 is 11.9 Å². The van der Waals surface area contributed by atoms with Crippen LogP contribution < -0.4 is 5.32 Å². The van der Waals surface area contributed by atoms with Gasteiger partial charge in [-0.05, 0) is 60.7 Å². The molecule has 0 fully saturated rings. The minimum atomic E-state index is -0.736. The molecule has 0 aliphatic carbocycles. The van der Waals surface area contributed by atoms with Gasteiger partial charge in [0.2, 0.25) is 0 Å². The summed E-state index contributed by atoms with van der Waals surface area (Å²) in [4.78, 5) is 30.5. The summed E-state index contributed by atoms with van der Waals surface area (Å²) in [6.07, 6.45) is 1.50. The second-order valence-electron chi connectivity index (χ2n) is 6.31. The third-order valence-corrected chi connectivity index (χ3v) is 5.67. The van der Waals surface area contributed by atoms with Crippen molar-refractivity contribution in [2.24, 2.45) is 0 Å². The second kappa shape index (κ2) is 11.0. The van der Waals surface area contributed by atoms with Crippen molar-refractivity contribution in [2.45, 2.75) is 9.92 Å². The summed E-state index contributed by atoms with van der Waals surface area (Å²) >= 11 is 13.3. The highest BCUT2D eigenvalue weighted by atomic mass is 35.5. The van der Waals surface area contributed by atoms with Crippen LogP contribution in [0.5, 0.6) is 0 Å². The molecule has 0 saturated carbocycles.